The molecular weight excluding hydrogens is 270 g/mol. The standard InChI is InChI=1S/C16H24ClN3/c17-13-3-5-14(6-4-13)19-11-15-7-8-16(12-19)20(15)10-2-1-9-18/h3-6,15-16H,1-2,7-12,18H2. The largest absolute Gasteiger partial charge is 0.368 e. The highest BCUT2D eigenvalue weighted by molar-refractivity contribution is 6.30. The summed E-state index contributed by atoms with van der Waals surface area (Å²) in [5.41, 5.74) is 6.91. The lowest BCUT2D eigenvalue weighted by Crippen LogP contribution is -2.54. The highest BCUT2D eigenvalue weighted by Gasteiger charge is 2.39. The van der Waals surface area contributed by atoms with E-state index in [-0.39, 0.29) is 0 Å². The van der Waals surface area contributed by atoms with E-state index in [1.165, 1.54) is 31.5 Å². The molecule has 4 heteroatoms. The van der Waals surface area contributed by atoms with Gasteiger partial charge in [0.05, 0.1) is 0 Å². The first-order valence-electron chi connectivity index (χ1n) is 7.74. The van der Waals surface area contributed by atoms with Crippen LogP contribution in [0.25, 0.3) is 0 Å². The summed E-state index contributed by atoms with van der Waals surface area (Å²) in [4.78, 5) is 5.25. The Morgan fingerprint density at radius 3 is 2.30 bits per heavy atom. The maximum atomic E-state index is 5.98. The highest BCUT2D eigenvalue weighted by Crippen LogP contribution is 2.33. The molecule has 0 aliphatic carbocycles. The molecule has 2 saturated heterocycles. The third-order valence-electron chi connectivity index (χ3n) is 4.70. The van der Waals surface area contributed by atoms with Crippen LogP contribution >= 0.6 is 11.6 Å². The Labute approximate surface area is 126 Å². The molecule has 1 aromatic carbocycles. The van der Waals surface area contributed by atoms with Gasteiger partial charge in [0.1, 0.15) is 0 Å². The molecule has 2 atom stereocenters. The van der Waals surface area contributed by atoms with E-state index in [0.717, 1.165) is 43.2 Å². The maximum absolute atomic E-state index is 5.98. The molecule has 3 nitrogen and oxygen atoms in total. The van der Waals surface area contributed by atoms with E-state index in [0.29, 0.717) is 0 Å². The summed E-state index contributed by atoms with van der Waals surface area (Å²) in [6.45, 7) is 4.35. The Balaban J connectivity index is 1.62. The van der Waals surface area contributed by atoms with E-state index in [1.54, 1.807) is 0 Å². The topological polar surface area (TPSA) is 32.5 Å². The van der Waals surface area contributed by atoms with Crippen molar-refractivity contribution in [1.82, 2.24) is 4.90 Å². The summed E-state index contributed by atoms with van der Waals surface area (Å²) in [6, 6.07) is 9.72. The van der Waals surface area contributed by atoms with Crippen molar-refractivity contribution in [2.75, 3.05) is 31.1 Å². The van der Waals surface area contributed by atoms with Crippen LogP contribution in [0.15, 0.2) is 24.3 Å². The van der Waals surface area contributed by atoms with Crippen LogP contribution in [0.4, 0.5) is 5.69 Å². The fourth-order valence-corrected chi connectivity index (χ4v) is 3.78. The van der Waals surface area contributed by atoms with Crippen molar-refractivity contribution in [1.29, 1.82) is 0 Å². The second-order valence-electron chi connectivity index (χ2n) is 6.00. The zero-order valence-corrected chi connectivity index (χ0v) is 12.7. The summed E-state index contributed by atoms with van der Waals surface area (Å²) in [5, 5.41) is 0.817. The van der Waals surface area contributed by atoms with Crippen LogP contribution in [-0.2, 0) is 0 Å². The van der Waals surface area contributed by atoms with Gasteiger partial charge in [-0.1, -0.05) is 11.6 Å². The van der Waals surface area contributed by atoms with Gasteiger partial charge in [-0.05, 0) is 63.0 Å². The van der Waals surface area contributed by atoms with E-state index in [2.05, 4.69) is 21.9 Å². The third kappa shape index (κ3) is 2.95. The number of unbranched alkanes of at least 4 members (excludes halogenated alkanes) is 1. The van der Waals surface area contributed by atoms with E-state index < -0.39 is 0 Å². The van der Waals surface area contributed by atoms with Gasteiger partial charge < -0.3 is 10.6 Å². The molecule has 2 unspecified atom stereocenters. The van der Waals surface area contributed by atoms with Gasteiger partial charge >= 0.3 is 0 Å². The van der Waals surface area contributed by atoms with Gasteiger partial charge in [-0.3, -0.25) is 4.90 Å². The molecule has 3 rings (SSSR count). The second kappa shape index (κ2) is 6.33. The lowest BCUT2D eigenvalue weighted by molar-refractivity contribution is 0.166. The lowest BCUT2D eigenvalue weighted by atomic mass is 10.1. The summed E-state index contributed by atoms with van der Waals surface area (Å²) < 4.78 is 0. The molecule has 2 N–H and O–H groups in total. The van der Waals surface area contributed by atoms with Crippen molar-refractivity contribution in [3.63, 3.8) is 0 Å². The Morgan fingerprint density at radius 1 is 1.05 bits per heavy atom. The van der Waals surface area contributed by atoms with Crippen LogP contribution in [0, 0.1) is 0 Å². The number of hydrogen-bond donors (Lipinski definition) is 1. The molecule has 2 fully saturated rings. The van der Waals surface area contributed by atoms with Crippen molar-refractivity contribution >= 4 is 17.3 Å². The van der Waals surface area contributed by atoms with Crippen molar-refractivity contribution in [3.05, 3.63) is 29.3 Å². The second-order valence-corrected chi connectivity index (χ2v) is 6.44. The fourth-order valence-electron chi connectivity index (χ4n) is 3.66. The highest BCUT2D eigenvalue weighted by atomic mass is 35.5. The minimum atomic E-state index is 0.724. The molecule has 20 heavy (non-hydrogen) atoms. The van der Waals surface area contributed by atoms with Crippen molar-refractivity contribution in [2.45, 2.75) is 37.8 Å². The molecule has 0 aromatic heterocycles. The molecule has 1 aromatic rings. The van der Waals surface area contributed by atoms with Crippen molar-refractivity contribution in [2.24, 2.45) is 5.73 Å². The first-order chi connectivity index (χ1) is 9.78. The van der Waals surface area contributed by atoms with Gasteiger partial charge in [-0.25, -0.2) is 0 Å². The normalized spacial score (nSPS) is 26.2. The van der Waals surface area contributed by atoms with Crippen LogP contribution in [0.2, 0.25) is 5.02 Å². The molecule has 110 valence electrons. The Hall–Kier alpha value is -0.770. The first kappa shape index (κ1) is 14.2. The quantitative estimate of drug-likeness (QED) is 0.847. The first-order valence-corrected chi connectivity index (χ1v) is 8.12. The van der Waals surface area contributed by atoms with Gasteiger partial charge in [-0.2, -0.15) is 0 Å². The zero-order chi connectivity index (χ0) is 13.9. The Morgan fingerprint density at radius 2 is 1.70 bits per heavy atom. The van der Waals surface area contributed by atoms with E-state index in [4.69, 9.17) is 17.3 Å². The van der Waals surface area contributed by atoms with Gasteiger partial charge in [0.2, 0.25) is 0 Å². The SMILES string of the molecule is NCCCCN1C2CCC1CN(c1ccc(Cl)cc1)C2. The van der Waals surface area contributed by atoms with Gasteiger partial charge in [-0.15, -0.1) is 0 Å². The van der Waals surface area contributed by atoms with Crippen molar-refractivity contribution in [3.8, 4) is 0 Å². The van der Waals surface area contributed by atoms with Crippen molar-refractivity contribution < 1.29 is 0 Å². The van der Waals surface area contributed by atoms with Gasteiger partial charge in [0.25, 0.3) is 0 Å². The fraction of sp³-hybridized carbons (Fsp3) is 0.625. The van der Waals surface area contributed by atoms with E-state index in [1.807, 2.05) is 12.1 Å². The molecule has 0 spiro atoms. The number of fused-ring (bicyclic) bond motifs is 2. The third-order valence-corrected chi connectivity index (χ3v) is 4.95. The predicted octanol–water partition coefficient (Wildman–Crippen LogP) is 2.73. The van der Waals surface area contributed by atoms with Crippen LogP contribution in [0.1, 0.15) is 25.7 Å². The minimum absolute atomic E-state index is 0.724. The Kier molecular flexibility index (Phi) is 4.49. The monoisotopic (exact) mass is 293 g/mol. The molecule has 2 aliphatic rings. The summed E-state index contributed by atoms with van der Waals surface area (Å²) in [5.74, 6) is 0. The van der Waals surface area contributed by atoms with Crippen LogP contribution < -0.4 is 10.6 Å². The number of nitrogens with zero attached hydrogens (tertiary/aromatic N) is 2. The summed E-state index contributed by atoms with van der Waals surface area (Å²) in [7, 11) is 0. The molecule has 0 amide bonds. The summed E-state index contributed by atoms with van der Waals surface area (Å²) >= 11 is 5.98. The van der Waals surface area contributed by atoms with E-state index in [9.17, 15) is 0 Å². The average molecular weight is 294 g/mol. The molecular formula is C16H24ClN3. The lowest BCUT2D eigenvalue weighted by Gasteiger charge is -2.42. The predicted molar refractivity (Wildman–Crippen MR) is 85.5 cm³/mol. The average Bonchev–Trinajstić information content (AvgIpc) is 2.70. The van der Waals surface area contributed by atoms with Gasteiger partial charge in [0.15, 0.2) is 0 Å². The molecule has 0 saturated carbocycles. The number of piperazine rings is 1. The number of anilines is 1. The zero-order valence-electron chi connectivity index (χ0n) is 12.0. The van der Waals surface area contributed by atoms with Crippen LogP contribution in [-0.4, -0.2) is 43.2 Å². The van der Waals surface area contributed by atoms with Crippen LogP contribution in [0.5, 0.6) is 0 Å². The molecule has 2 aliphatic heterocycles. The minimum Gasteiger partial charge on any atom is -0.368 e. The molecule has 0 radical (unpaired) electrons. The van der Waals surface area contributed by atoms with E-state index >= 15 is 0 Å². The molecule has 2 heterocycles. The number of hydrogen-bond acceptors (Lipinski definition) is 3. The molecule has 2 bridgehead atoms. The van der Waals surface area contributed by atoms with Gasteiger partial charge in [0, 0.05) is 35.9 Å². The van der Waals surface area contributed by atoms with Crippen LogP contribution in [0.3, 0.4) is 0 Å². The number of nitrogens with two attached hydrogens (primary N) is 1. The Bertz CT molecular complexity index is 420. The number of rotatable bonds is 5. The summed E-state index contributed by atoms with van der Waals surface area (Å²) in [6.07, 6.45) is 5.08. The number of halogens is 1. The maximum Gasteiger partial charge on any atom is 0.0407 e. The smallest absolute Gasteiger partial charge is 0.0407 e. The number of benzene rings is 1.